The predicted octanol–water partition coefficient (Wildman–Crippen LogP) is 9.94. The summed E-state index contributed by atoms with van der Waals surface area (Å²) in [5, 5.41) is 13.6. The third-order valence-corrected chi connectivity index (χ3v) is 11.8. The van der Waals surface area contributed by atoms with E-state index in [-0.39, 0.29) is 23.3 Å². The van der Waals surface area contributed by atoms with Crippen LogP contribution in [0.2, 0.25) is 0 Å². The number of hydrogen-bond donors (Lipinski definition) is 3. The second kappa shape index (κ2) is 14.7. The first-order chi connectivity index (χ1) is 25.1. The van der Waals surface area contributed by atoms with Crippen LogP contribution in [-0.4, -0.2) is 18.7 Å². The predicted molar refractivity (Wildman–Crippen MR) is 209 cm³/mol. The first-order valence-corrected chi connectivity index (χ1v) is 19.3. The molecule has 8 rings (SSSR count). The molecule has 1 saturated heterocycles. The molecule has 0 amide bonds. The average Bonchev–Trinajstić information content (AvgIpc) is 3.49. The number of rotatable bonds is 10. The Bertz CT molecular complexity index is 2000. The van der Waals surface area contributed by atoms with Crippen LogP contribution in [0.15, 0.2) is 126 Å². The van der Waals surface area contributed by atoms with Crippen LogP contribution in [-0.2, 0) is 14.9 Å². The van der Waals surface area contributed by atoms with Crippen LogP contribution in [0.25, 0.3) is 21.9 Å². The van der Waals surface area contributed by atoms with E-state index in [1.165, 1.54) is 51.4 Å². The molecule has 3 N–H and O–H groups in total. The average molecular weight is 678 g/mol. The van der Waals surface area contributed by atoms with Crippen molar-refractivity contribution < 1.29 is 9.53 Å². The molecule has 1 aliphatic heterocycles. The minimum Gasteiger partial charge on any atom is -0.352 e. The van der Waals surface area contributed by atoms with E-state index in [0.717, 1.165) is 55.5 Å². The fraction of sp³-hybridized carbons (Fsp3) is 0.370. The molecule has 262 valence electrons. The summed E-state index contributed by atoms with van der Waals surface area (Å²) in [6, 6.07) is 20.6. The van der Waals surface area contributed by atoms with Gasteiger partial charge in [0.25, 0.3) is 0 Å². The summed E-state index contributed by atoms with van der Waals surface area (Å²) >= 11 is 0. The van der Waals surface area contributed by atoms with E-state index >= 15 is 0 Å². The normalized spacial score (nSPS) is 27.1. The Morgan fingerprint density at radius 3 is 2.63 bits per heavy atom. The first kappa shape index (κ1) is 33.7. The lowest BCUT2D eigenvalue weighted by Gasteiger charge is -2.42. The molecule has 0 radical (unpaired) electrons. The van der Waals surface area contributed by atoms with Crippen molar-refractivity contribution in [2.75, 3.05) is 6.61 Å². The van der Waals surface area contributed by atoms with Gasteiger partial charge in [0.1, 0.15) is 12.0 Å². The Morgan fingerprint density at radius 1 is 0.922 bits per heavy atom. The van der Waals surface area contributed by atoms with Crippen molar-refractivity contribution in [3.8, 4) is 11.1 Å². The van der Waals surface area contributed by atoms with Gasteiger partial charge in [-0.1, -0.05) is 136 Å². The van der Waals surface area contributed by atoms with Gasteiger partial charge < -0.3 is 15.4 Å². The van der Waals surface area contributed by atoms with Crippen molar-refractivity contribution in [3.63, 3.8) is 0 Å². The molecule has 5 aliphatic rings. The smallest absolute Gasteiger partial charge is 0.187 e. The lowest BCUT2D eigenvalue weighted by molar-refractivity contribution is -0.111. The molecule has 0 spiro atoms. The van der Waals surface area contributed by atoms with Crippen molar-refractivity contribution in [3.05, 3.63) is 143 Å². The lowest BCUT2D eigenvalue weighted by Crippen LogP contribution is -2.58. The maximum absolute atomic E-state index is 13.2. The van der Waals surface area contributed by atoms with Crippen LogP contribution in [0.4, 0.5) is 0 Å². The van der Waals surface area contributed by atoms with Crippen LogP contribution in [0, 0.1) is 11.8 Å². The summed E-state index contributed by atoms with van der Waals surface area (Å²) < 4.78 is 6.60. The van der Waals surface area contributed by atoms with Crippen molar-refractivity contribution >= 4 is 16.6 Å². The number of unbranched alkanes of at least 4 members (excludes halogenated alkanes) is 1. The molecule has 4 aliphatic carbocycles. The quantitative estimate of drug-likeness (QED) is 0.187. The molecule has 1 heterocycles. The SMILES string of the molecule is CCCCC(CC)COC1NC(=C2CCC=CC2=O)NC(c2ccc3c(c2)C(C2=CCCC=C2)(C2C=CC=CC2)c2ccc4ccccc4c2-3)N1. The maximum Gasteiger partial charge on any atom is 0.187 e. The zero-order valence-electron chi connectivity index (χ0n) is 30.1. The molecule has 0 saturated carbocycles. The first-order valence-electron chi connectivity index (χ1n) is 19.3. The number of hydrogen-bond acceptors (Lipinski definition) is 5. The van der Waals surface area contributed by atoms with Crippen LogP contribution >= 0.6 is 0 Å². The largest absolute Gasteiger partial charge is 0.352 e. The second-order valence-corrected chi connectivity index (χ2v) is 14.8. The molecule has 51 heavy (non-hydrogen) atoms. The van der Waals surface area contributed by atoms with Gasteiger partial charge in [-0.25, -0.2) is 0 Å². The van der Waals surface area contributed by atoms with E-state index < -0.39 is 6.35 Å². The number of nitrogens with one attached hydrogen (secondary N) is 3. The van der Waals surface area contributed by atoms with E-state index in [0.29, 0.717) is 18.9 Å². The highest BCUT2D eigenvalue weighted by Gasteiger charge is 2.50. The standard InChI is InChI=1S/C46H51N3O2/c1-3-5-16-31(4-2)30-51-45-48-43(47-44(49-45)38-23-14-15-24-41(38)50)33-25-27-37-40(29-33)46(34-18-8-6-9-19-34,35-20-10-7-11-21-35)39-28-26-32-17-12-13-22-36(32)42(37)39/h6,8-10,12-13,15,17-18,20-22,24-29,31,34,43,45,47-49H,3-5,7,11,14,16,19,23,30H2,1-2H3. The summed E-state index contributed by atoms with van der Waals surface area (Å²) in [5.41, 5.74) is 8.38. The molecular formula is C46H51N3O2. The van der Waals surface area contributed by atoms with Crippen LogP contribution in [0.1, 0.15) is 94.5 Å². The number of carbonyl (C=O) groups excluding carboxylic acids is 1. The van der Waals surface area contributed by atoms with Gasteiger partial charge in [0.2, 0.25) is 0 Å². The zero-order chi connectivity index (χ0) is 34.8. The number of benzene rings is 3. The molecule has 5 nitrogen and oxygen atoms in total. The summed E-state index contributed by atoms with van der Waals surface area (Å²) in [7, 11) is 0. The lowest BCUT2D eigenvalue weighted by atomic mass is 9.61. The van der Waals surface area contributed by atoms with Gasteiger partial charge >= 0.3 is 0 Å². The summed E-state index contributed by atoms with van der Waals surface area (Å²) in [5.74, 6) is 1.60. The van der Waals surface area contributed by atoms with Gasteiger partial charge in [-0.3, -0.25) is 10.1 Å². The Labute approximate surface area is 303 Å². The van der Waals surface area contributed by atoms with Gasteiger partial charge in [0, 0.05) is 5.57 Å². The number of ether oxygens (including phenoxy) is 1. The van der Waals surface area contributed by atoms with E-state index in [1.54, 1.807) is 6.08 Å². The third kappa shape index (κ3) is 6.15. The van der Waals surface area contributed by atoms with Gasteiger partial charge in [-0.15, -0.1) is 0 Å². The molecular weight excluding hydrogens is 627 g/mol. The Morgan fingerprint density at radius 2 is 1.82 bits per heavy atom. The molecule has 0 aromatic heterocycles. The molecule has 3 aromatic carbocycles. The molecule has 5 atom stereocenters. The molecule has 5 heteroatoms. The summed E-state index contributed by atoms with van der Waals surface area (Å²) in [4.78, 5) is 13.2. The van der Waals surface area contributed by atoms with Crippen LogP contribution in [0.3, 0.4) is 0 Å². The monoisotopic (exact) mass is 677 g/mol. The molecule has 1 fully saturated rings. The number of ketones is 1. The van der Waals surface area contributed by atoms with Gasteiger partial charge in [0.05, 0.1) is 12.0 Å². The van der Waals surface area contributed by atoms with Gasteiger partial charge in [-0.05, 0) is 101 Å². The fourth-order valence-corrected chi connectivity index (χ4v) is 9.07. The zero-order valence-corrected chi connectivity index (χ0v) is 30.1. The summed E-state index contributed by atoms with van der Waals surface area (Å²) in [6.45, 7) is 5.17. The summed E-state index contributed by atoms with van der Waals surface area (Å²) in [6.07, 6.45) is 28.7. The van der Waals surface area contributed by atoms with Crippen molar-refractivity contribution in [2.24, 2.45) is 11.8 Å². The fourth-order valence-electron chi connectivity index (χ4n) is 9.07. The molecule has 0 bridgehead atoms. The minimum absolute atomic E-state index is 0.0634. The molecule has 5 unspecified atom stereocenters. The maximum atomic E-state index is 13.2. The number of carbonyl (C=O) groups is 1. The minimum atomic E-state index is -0.428. The van der Waals surface area contributed by atoms with E-state index in [1.807, 2.05) is 6.08 Å². The van der Waals surface area contributed by atoms with Crippen LogP contribution in [0.5, 0.6) is 0 Å². The van der Waals surface area contributed by atoms with Crippen molar-refractivity contribution in [1.29, 1.82) is 0 Å². The highest BCUT2D eigenvalue weighted by Crippen LogP contribution is 2.60. The van der Waals surface area contributed by atoms with Crippen LogP contribution < -0.4 is 16.0 Å². The van der Waals surface area contributed by atoms with Gasteiger partial charge in [0.15, 0.2) is 12.1 Å². The van der Waals surface area contributed by atoms with Crippen molar-refractivity contribution in [1.82, 2.24) is 16.0 Å². The Hall–Kier alpha value is -4.45. The Balaban J connectivity index is 1.26. The van der Waals surface area contributed by atoms with E-state index in [9.17, 15) is 4.79 Å². The van der Waals surface area contributed by atoms with Crippen molar-refractivity contribution in [2.45, 2.75) is 89.6 Å². The second-order valence-electron chi connectivity index (χ2n) is 14.8. The Kier molecular flexibility index (Phi) is 9.68. The third-order valence-electron chi connectivity index (χ3n) is 11.8. The highest BCUT2D eigenvalue weighted by atomic mass is 16.5. The number of fused-ring (bicyclic) bond motifs is 5. The highest BCUT2D eigenvalue weighted by molar-refractivity contribution is 6.05. The van der Waals surface area contributed by atoms with E-state index in [2.05, 4.69) is 127 Å². The van der Waals surface area contributed by atoms with Gasteiger partial charge in [-0.2, -0.15) is 0 Å². The molecule has 3 aromatic rings. The number of allylic oxidation sites excluding steroid dienone is 11. The van der Waals surface area contributed by atoms with E-state index in [4.69, 9.17) is 4.74 Å². The topological polar surface area (TPSA) is 62.4 Å².